The number of carbonyl (C=O) groups excluding carboxylic acids is 1. The van der Waals surface area contributed by atoms with Gasteiger partial charge >= 0.3 is 5.97 Å². The Morgan fingerprint density at radius 2 is 2.04 bits per heavy atom. The number of tetrazole rings is 1. The summed E-state index contributed by atoms with van der Waals surface area (Å²) in [4.78, 5) is 14.7. The van der Waals surface area contributed by atoms with Crippen LogP contribution in [0.15, 0.2) is 42.5 Å². The van der Waals surface area contributed by atoms with Crippen LogP contribution in [0.3, 0.4) is 0 Å². The van der Waals surface area contributed by atoms with Crippen molar-refractivity contribution in [2.24, 2.45) is 23.7 Å². The second kappa shape index (κ2) is 6.90. The van der Waals surface area contributed by atoms with Gasteiger partial charge in [0.15, 0.2) is 0 Å². The Morgan fingerprint density at radius 3 is 2.81 bits per heavy atom. The lowest BCUT2D eigenvalue weighted by atomic mass is 9.72. The summed E-state index contributed by atoms with van der Waals surface area (Å²) in [5, 5.41) is 12.3. The minimum Gasteiger partial charge on any atom is -0.466 e. The molecule has 0 spiro atoms. The summed E-state index contributed by atoms with van der Waals surface area (Å²) in [7, 11) is 0. The molecule has 0 N–H and O–H groups in total. The number of ether oxygens (including phenoxy) is 1. The number of hydrogen-bond donors (Lipinski definition) is 0. The van der Waals surface area contributed by atoms with Gasteiger partial charge in [-0.05, 0) is 47.2 Å². The first-order valence-electron chi connectivity index (χ1n) is 9.12. The van der Waals surface area contributed by atoms with E-state index in [0.29, 0.717) is 18.5 Å². The first-order chi connectivity index (χ1) is 12.7. The monoisotopic (exact) mass is 353 g/mol. The van der Waals surface area contributed by atoms with Crippen LogP contribution < -0.4 is 4.90 Å². The topological polar surface area (TPSA) is 73.1 Å². The van der Waals surface area contributed by atoms with E-state index in [0.717, 1.165) is 18.8 Å². The number of rotatable bonds is 4. The molecule has 136 valence electrons. The average molecular weight is 353 g/mol. The Hall–Kier alpha value is -2.70. The molecule has 2 heterocycles. The van der Waals surface area contributed by atoms with Crippen LogP contribution >= 0.6 is 0 Å². The summed E-state index contributed by atoms with van der Waals surface area (Å²) >= 11 is 0. The molecule has 1 aliphatic carbocycles. The largest absolute Gasteiger partial charge is 0.466 e. The molecule has 2 aliphatic rings. The number of benzene rings is 1. The summed E-state index contributed by atoms with van der Waals surface area (Å²) in [6, 6.07) is 9.85. The molecule has 1 aliphatic heterocycles. The van der Waals surface area contributed by atoms with Gasteiger partial charge in [0.05, 0.1) is 18.2 Å². The van der Waals surface area contributed by atoms with Crippen LogP contribution in [0.5, 0.6) is 0 Å². The van der Waals surface area contributed by atoms with Gasteiger partial charge in [0.25, 0.3) is 0 Å². The molecule has 7 nitrogen and oxygen atoms in total. The maximum atomic E-state index is 12.5. The van der Waals surface area contributed by atoms with Gasteiger partial charge in [-0.3, -0.25) is 4.79 Å². The molecule has 0 saturated carbocycles. The summed E-state index contributed by atoms with van der Waals surface area (Å²) in [5.41, 5.74) is 0.924. The van der Waals surface area contributed by atoms with Crippen LogP contribution in [0, 0.1) is 23.7 Å². The van der Waals surface area contributed by atoms with Gasteiger partial charge < -0.3 is 9.64 Å². The van der Waals surface area contributed by atoms with E-state index >= 15 is 0 Å². The fraction of sp³-hybridized carbons (Fsp3) is 0.474. The van der Waals surface area contributed by atoms with Crippen molar-refractivity contribution >= 4 is 11.9 Å². The summed E-state index contributed by atoms with van der Waals surface area (Å²) < 4.78 is 7.10. The number of anilines is 1. The zero-order chi connectivity index (χ0) is 18.1. The second-order valence-corrected chi connectivity index (χ2v) is 6.98. The number of carbonyl (C=O) groups is 1. The molecule has 0 unspecified atom stereocenters. The SMILES string of the molecule is CCOC(=O)[C@@H]1[C@H]2CN(c3nnnn3-c3ccccc3)C[C@@H]2C=C[C@@H]1C. The Kier molecular flexibility index (Phi) is 4.44. The lowest BCUT2D eigenvalue weighted by Crippen LogP contribution is -2.37. The van der Waals surface area contributed by atoms with Crippen molar-refractivity contribution in [2.75, 3.05) is 24.6 Å². The first-order valence-corrected chi connectivity index (χ1v) is 9.12. The van der Waals surface area contributed by atoms with E-state index in [9.17, 15) is 4.79 Å². The standard InChI is InChI=1S/C19H23N5O2/c1-3-26-18(25)17-13(2)9-10-14-11-23(12-16(14)17)19-20-21-22-24(19)15-7-5-4-6-8-15/h4-10,13-14,16-17H,3,11-12H2,1-2H3/t13-,14-,16-,17-/m0/s1. The Labute approximate surface area is 152 Å². The molecule has 0 radical (unpaired) electrons. The average Bonchev–Trinajstić information content (AvgIpc) is 3.29. The number of hydrogen-bond acceptors (Lipinski definition) is 6. The van der Waals surface area contributed by atoms with Gasteiger partial charge in [-0.15, -0.1) is 0 Å². The van der Waals surface area contributed by atoms with Crippen LogP contribution in [-0.2, 0) is 9.53 Å². The van der Waals surface area contributed by atoms with Gasteiger partial charge in [-0.1, -0.05) is 42.4 Å². The fourth-order valence-corrected chi connectivity index (χ4v) is 4.17. The minimum atomic E-state index is -0.115. The third-order valence-corrected chi connectivity index (χ3v) is 5.40. The van der Waals surface area contributed by atoms with Crippen LogP contribution in [-0.4, -0.2) is 45.9 Å². The zero-order valence-electron chi connectivity index (χ0n) is 15.0. The molecule has 4 rings (SSSR count). The number of esters is 1. The van der Waals surface area contributed by atoms with E-state index in [1.54, 1.807) is 4.68 Å². The highest BCUT2D eigenvalue weighted by Gasteiger charge is 2.45. The summed E-state index contributed by atoms with van der Waals surface area (Å²) in [6.45, 7) is 5.91. The van der Waals surface area contributed by atoms with Crippen molar-refractivity contribution in [3.05, 3.63) is 42.5 Å². The highest BCUT2D eigenvalue weighted by atomic mass is 16.5. The fourth-order valence-electron chi connectivity index (χ4n) is 4.17. The van der Waals surface area contributed by atoms with Crippen molar-refractivity contribution < 1.29 is 9.53 Å². The molecule has 0 amide bonds. The number of nitrogens with zero attached hydrogens (tertiary/aromatic N) is 5. The van der Waals surface area contributed by atoms with Gasteiger partial charge in [0.2, 0.25) is 5.95 Å². The lowest BCUT2D eigenvalue weighted by molar-refractivity contribution is -0.151. The van der Waals surface area contributed by atoms with E-state index in [4.69, 9.17) is 4.74 Å². The molecule has 1 aromatic carbocycles. The minimum absolute atomic E-state index is 0.0937. The normalized spacial score (nSPS) is 27.4. The number of allylic oxidation sites excluding steroid dienone is 1. The molecule has 2 aromatic rings. The van der Waals surface area contributed by atoms with Crippen molar-refractivity contribution in [1.82, 2.24) is 20.2 Å². The maximum Gasteiger partial charge on any atom is 0.309 e. The maximum absolute atomic E-state index is 12.5. The number of para-hydroxylation sites is 1. The molecule has 1 saturated heterocycles. The summed E-state index contributed by atoms with van der Waals surface area (Å²) in [5.74, 6) is 1.21. The summed E-state index contributed by atoms with van der Waals surface area (Å²) in [6.07, 6.45) is 4.38. The third-order valence-electron chi connectivity index (χ3n) is 5.40. The molecular weight excluding hydrogens is 330 g/mol. The van der Waals surface area contributed by atoms with E-state index < -0.39 is 0 Å². The van der Waals surface area contributed by atoms with E-state index in [-0.39, 0.29) is 23.7 Å². The Bertz CT molecular complexity index is 803. The van der Waals surface area contributed by atoms with Crippen LogP contribution in [0.4, 0.5) is 5.95 Å². The van der Waals surface area contributed by atoms with Crippen LogP contribution in [0.25, 0.3) is 5.69 Å². The second-order valence-electron chi connectivity index (χ2n) is 6.98. The predicted molar refractivity (Wildman–Crippen MR) is 96.8 cm³/mol. The van der Waals surface area contributed by atoms with Crippen LogP contribution in [0.2, 0.25) is 0 Å². The predicted octanol–water partition coefficient (Wildman–Crippen LogP) is 2.10. The van der Waals surface area contributed by atoms with Crippen molar-refractivity contribution in [2.45, 2.75) is 13.8 Å². The third kappa shape index (κ3) is 2.87. The van der Waals surface area contributed by atoms with Gasteiger partial charge in [0.1, 0.15) is 0 Å². The van der Waals surface area contributed by atoms with E-state index in [1.807, 2.05) is 37.3 Å². The van der Waals surface area contributed by atoms with Gasteiger partial charge in [-0.25, -0.2) is 0 Å². The van der Waals surface area contributed by atoms with E-state index in [2.05, 4.69) is 39.5 Å². The highest BCUT2D eigenvalue weighted by Crippen LogP contribution is 2.41. The van der Waals surface area contributed by atoms with Crippen LogP contribution in [0.1, 0.15) is 13.8 Å². The van der Waals surface area contributed by atoms with Gasteiger partial charge in [0, 0.05) is 13.1 Å². The molecule has 26 heavy (non-hydrogen) atoms. The van der Waals surface area contributed by atoms with Gasteiger partial charge in [-0.2, -0.15) is 4.68 Å². The Balaban J connectivity index is 1.60. The molecule has 7 heteroatoms. The molecule has 4 atom stereocenters. The Morgan fingerprint density at radius 1 is 1.23 bits per heavy atom. The molecule has 1 aromatic heterocycles. The quantitative estimate of drug-likeness (QED) is 0.619. The molecule has 1 fully saturated rings. The van der Waals surface area contributed by atoms with Crippen molar-refractivity contribution in [1.29, 1.82) is 0 Å². The van der Waals surface area contributed by atoms with Crippen molar-refractivity contribution in [3.63, 3.8) is 0 Å². The number of aromatic nitrogens is 4. The lowest BCUT2D eigenvalue weighted by Gasteiger charge is -2.31. The highest BCUT2D eigenvalue weighted by molar-refractivity contribution is 5.74. The van der Waals surface area contributed by atoms with Crippen molar-refractivity contribution in [3.8, 4) is 5.69 Å². The zero-order valence-corrected chi connectivity index (χ0v) is 15.0. The molecular formula is C19H23N5O2. The number of fused-ring (bicyclic) bond motifs is 1. The first kappa shape index (κ1) is 16.8. The van der Waals surface area contributed by atoms with E-state index in [1.165, 1.54) is 0 Å². The molecule has 0 bridgehead atoms. The smallest absolute Gasteiger partial charge is 0.309 e.